The monoisotopic (exact) mass is 276 g/mol. The Morgan fingerprint density at radius 3 is 2.50 bits per heavy atom. The first-order valence-corrected chi connectivity index (χ1v) is 6.10. The van der Waals surface area contributed by atoms with Crippen molar-refractivity contribution in [1.82, 2.24) is 9.80 Å². The van der Waals surface area contributed by atoms with Gasteiger partial charge in [-0.2, -0.15) is 0 Å². The van der Waals surface area contributed by atoms with Crippen molar-refractivity contribution in [3.8, 4) is 11.5 Å². The minimum atomic E-state index is -0.833. The van der Waals surface area contributed by atoms with Gasteiger partial charge in [-0.1, -0.05) is 12.1 Å². The summed E-state index contributed by atoms with van der Waals surface area (Å²) in [4.78, 5) is 36.5. The lowest BCUT2D eigenvalue weighted by Crippen LogP contribution is -2.44. The molecule has 7 heteroatoms. The molecular formula is C13H12N2O5. The molecule has 1 aromatic carbocycles. The fourth-order valence-electron chi connectivity index (χ4n) is 2.13. The van der Waals surface area contributed by atoms with Crippen LogP contribution in [-0.2, 0) is 9.59 Å². The third-order valence-electron chi connectivity index (χ3n) is 3.20. The average Bonchev–Trinajstić information content (AvgIpc) is 2.65. The van der Waals surface area contributed by atoms with E-state index in [1.54, 1.807) is 18.2 Å². The van der Waals surface area contributed by atoms with Gasteiger partial charge < -0.3 is 9.47 Å². The van der Waals surface area contributed by atoms with Gasteiger partial charge in [-0.05, 0) is 12.1 Å². The van der Waals surface area contributed by atoms with E-state index in [9.17, 15) is 14.4 Å². The van der Waals surface area contributed by atoms with Crippen molar-refractivity contribution in [2.75, 3.05) is 20.2 Å². The fraction of sp³-hybridized carbons (Fsp3) is 0.308. The Morgan fingerprint density at radius 2 is 1.85 bits per heavy atom. The fourth-order valence-corrected chi connectivity index (χ4v) is 2.13. The van der Waals surface area contributed by atoms with Crippen LogP contribution in [-0.4, -0.2) is 53.9 Å². The van der Waals surface area contributed by atoms with Gasteiger partial charge >= 0.3 is 17.8 Å². The molecule has 2 aliphatic rings. The van der Waals surface area contributed by atoms with E-state index in [1.807, 2.05) is 6.07 Å². The molecule has 20 heavy (non-hydrogen) atoms. The Hall–Kier alpha value is -2.57. The zero-order valence-electron chi connectivity index (χ0n) is 10.7. The van der Waals surface area contributed by atoms with E-state index in [4.69, 9.17) is 9.47 Å². The Morgan fingerprint density at radius 1 is 1.15 bits per heavy atom. The minimum absolute atomic E-state index is 0.0118. The maximum atomic E-state index is 11.8. The normalized spacial score (nSPS) is 21.6. The predicted octanol–water partition coefficient (Wildman–Crippen LogP) is 0.247. The number of nitrogens with zero attached hydrogens (tertiary/aromatic N) is 2. The van der Waals surface area contributed by atoms with Crippen molar-refractivity contribution < 1.29 is 23.9 Å². The summed E-state index contributed by atoms with van der Waals surface area (Å²) in [5, 5.41) is 0. The lowest BCUT2D eigenvalue weighted by Gasteiger charge is -2.28. The number of urea groups is 1. The van der Waals surface area contributed by atoms with Crippen molar-refractivity contribution in [2.24, 2.45) is 0 Å². The zero-order chi connectivity index (χ0) is 14.3. The smallest absolute Gasteiger partial charge is 0.334 e. The quantitative estimate of drug-likeness (QED) is 0.571. The highest BCUT2D eigenvalue weighted by atomic mass is 16.6. The Balaban J connectivity index is 1.73. The number of imide groups is 2. The van der Waals surface area contributed by atoms with Crippen LogP contribution in [0.25, 0.3) is 0 Å². The lowest BCUT2D eigenvalue weighted by molar-refractivity contribution is -0.143. The number of fused-ring (bicyclic) bond motifs is 1. The van der Waals surface area contributed by atoms with E-state index in [1.165, 1.54) is 7.05 Å². The van der Waals surface area contributed by atoms with Crippen LogP contribution in [0.4, 0.5) is 4.79 Å². The second-order valence-electron chi connectivity index (χ2n) is 4.56. The summed E-state index contributed by atoms with van der Waals surface area (Å²) < 4.78 is 11.2. The van der Waals surface area contributed by atoms with E-state index in [0.29, 0.717) is 11.5 Å². The predicted molar refractivity (Wildman–Crippen MR) is 66.2 cm³/mol. The summed E-state index contributed by atoms with van der Waals surface area (Å²) in [6.07, 6.45) is -0.489. The molecule has 104 valence electrons. The van der Waals surface area contributed by atoms with E-state index in [0.717, 1.165) is 9.80 Å². The SMILES string of the molecule is CN1C(=O)C(=O)N(C[C@@H]2COc3ccccc3O2)C1=O. The van der Waals surface area contributed by atoms with Crippen molar-refractivity contribution in [1.29, 1.82) is 0 Å². The first-order valence-electron chi connectivity index (χ1n) is 6.10. The molecule has 0 N–H and O–H groups in total. The van der Waals surface area contributed by atoms with Gasteiger partial charge in [0.2, 0.25) is 0 Å². The van der Waals surface area contributed by atoms with Crippen LogP contribution in [0.2, 0.25) is 0 Å². The maximum absolute atomic E-state index is 11.8. The molecule has 0 aliphatic carbocycles. The largest absolute Gasteiger partial charge is 0.486 e. The molecule has 1 aromatic rings. The number of para-hydroxylation sites is 2. The molecule has 2 aliphatic heterocycles. The maximum Gasteiger partial charge on any atom is 0.334 e. The van der Waals surface area contributed by atoms with E-state index in [2.05, 4.69) is 0 Å². The highest BCUT2D eigenvalue weighted by Gasteiger charge is 2.43. The van der Waals surface area contributed by atoms with Gasteiger partial charge in [0.25, 0.3) is 0 Å². The number of rotatable bonds is 2. The van der Waals surface area contributed by atoms with Gasteiger partial charge in [0.15, 0.2) is 17.6 Å². The highest BCUT2D eigenvalue weighted by molar-refractivity contribution is 6.44. The van der Waals surface area contributed by atoms with Gasteiger partial charge in [-0.25, -0.2) is 4.79 Å². The molecule has 0 bridgehead atoms. The number of ether oxygens (including phenoxy) is 2. The second-order valence-corrected chi connectivity index (χ2v) is 4.56. The Kier molecular flexibility index (Phi) is 2.81. The lowest BCUT2D eigenvalue weighted by atomic mass is 10.2. The number of likely N-dealkylation sites (N-methyl/N-ethyl adjacent to an activating group) is 1. The molecule has 4 amide bonds. The van der Waals surface area contributed by atoms with Crippen molar-refractivity contribution in [3.63, 3.8) is 0 Å². The van der Waals surface area contributed by atoms with Crippen molar-refractivity contribution in [3.05, 3.63) is 24.3 Å². The molecule has 0 spiro atoms. The minimum Gasteiger partial charge on any atom is -0.486 e. The third kappa shape index (κ3) is 1.87. The van der Waals surface area contributed by atoms with Crippen LogP contribution in [0.3, 0.4) is 0 Å². The highest BCUT2D eigenvalue weighted by Crippen LogP contribution is 2.31. The van der Waals surface area contributed by atoms with Gasteiger partial charge in [-0.3, -0.25) is 19.4 Å². The molecule has 0 aromatic heterocycles. The zero-order valence-corrected chi connectivity index (χ0v) is 10.7. The summed E-state index contributed by atoms with van der Waals surface area (Å²) in [5.74, 6) is -0.481. The molecule has 0 unspecified atom stereocenters. The number of hydrogen-bond acceptors (Lipinski definition) is 5. The summed E-state index contributed by atoms with van der Waals surface area (Å²) >= 11 is 0. The number of benzene rings is 1. The molecule has 0 saturated carbocycles. The van der Waals surface area contributed by atoms with E-state index >= 15 is 0 Å². The van der Waals surface area contributed by atoms with Crippen molar-refractivity contribution >= 4 is 17.8 Å². The number of carbonyl (C=O) groups excluding carboxylic acids is 3. The van der Waals surface area contributed by atoms with Crippen LogP contribution in [0.15, 0.2) is 24.3 Å². The number of amides is 4. The summed E-state index contributed by atoms with van der Waals surface area (Å²) in [7, 11) is 1.27. The first-order chi connectivity index (χ1) is 9.58. The van der Waals surface area contributed by atoms with E-state index in [-0.39, 0.29) is 13.2 Å². The molecule has 3 rings (SSSR count). The van der Waals surface area contributed by atoms with Crippen LogP contribution in [0, 0.1) is 0 Å². The van der Waals surface area contributed by atoms with Gasteiger partial charge in [0, 0.05) is 7.05 Å². The van der Waals surface area contributed by atoms with Gasteiger partial charge in [0.05, 0.1) is 6.54 Å². The standard InChI is InChI=1S/C13H12N2O5/c1-14-11(16)12(17)15(13(14)18)6-8-7-19-9-4-2-3-5-10(9)20-8/h2-5,8H,6-7H2,1H3/t8-/m1/s1. The van der Waals surface area contributed by atoms with Crippen LogP contribution in [0.1, 0.15) is 0 Å². The molecule has 0 radical (unpaired) electrons. The van der Waals surface area contributed by atoms with Gasteiger partial charge in [-0.15, -0.1) is 0 Å². The molecule has 1 fully saturated rings. The molecule has 2 heterocycles. The molecule has 7 nitrogen and oxygen atoms in total. The van der Waals surface area contributed by atoms with Crippen LogP contribution >= 0.6 is 0 Å². The number of carbonyl (C=O) groups is 3. The molecular weight excluding hydrogens is 264 g/mol. The summed E-state index contributed by atoms with van der Waals surface area (Å²) in [5.41, 5.74) is 0. The Labute approximate surface area is 114 Å². The third-order valence-corrected chi connectivity index (χ3v) is 3.20. The van der Waals surface area contributed by atoms with Crippen LogP contribution < -0.4 is 9.47 Å². The van der Waals surface area contributed by atoms with E-state index < -0.39 is 23.9 Å². The summed E-state index contributed by atoms with van der Waals surface area (Å²) in [6.45, 7) is 0.202. The van der Waals surface area contributed by atoms with Gasteiger partial charge in [0.1, 0.15) is 6.61 Å². The van der Waals surface area contributed by atoms with Crippen molar-refractivity contribution in [2.45, 2.75) is 6.10 Å². The summed E-state index contributed by atoms with van der Waals surface area (Å²) in [6, 6.07) is 6.50. The van der Waals surface area contributed by atoms with Crippen LogP contribution in [0.5, 0.6) is 11.5 Å². The first kappa shape index (κ1) is 12.5. The Bertz CT molecular complexity index is 600. The second kappa shape index (κ2) is 4.52. The number of hydrogen-bond donors (Lipinski definition) is 0. The topological polar surface area (TPSA) is 76.2 Å². The molecule has 1 saturated heterocycles. The average molecular weight is 276 g/mol. The molecule has 1 atom stereocenters.